The number of nitrogens with zero attached hydrogens (tertiary/aromatic N) is 4. The smallest absolute Gasteiger partial charge is 0.219 e. The van der Waals surface area contributed by atoms with Gasteiger partial charge in [-0.3, -0.25) is 4.79 Å². The Hall–Kier alpha value is -2.78. The van der Waals surface area contributed by atoms with Gasteiger partial charge in [0.1, 0.15) is 6.07 Å². The van der Waals surface area contributed by atoms with Crippen LogP contribution < -0.4 is 5.73 Å². The molecule has 1 aliphatic heterocycles. The molecule has 2 rings (SSSR count). The van der Waals surface area contributed by atoms with E-state index in [1.54, 1.807) is 17.9 Å². The maximum atomic E-state index is 11.6. The molecule has 1 aliphatic carbocycles. The second-order valence-corrected chi connectivity index (χ2v) is 5.41. The van der Waals surface area contributed by atoms with E-state index in [0.29, 0.717) is 13.1 Å². The highest BCUT2D eigenvalue weighted by Gasteiger charge is 2.51. The second-order valence-electron chi connectivity index (χ2n) is 5.41. The molecule has 0 aromatic heterocycles. The van der Waals surface area contributed by atoms with Crippen LogP contribution in [0, 0.1) is 51.2 Å². The maximum Gasteiger partial charge on any atom is 0.219 e. The van der Waals surface area contributed by atoms with Gasteiger partial charge in [0.25, 0.3) is 0 Å². The van der Waals surface area contributed by atoms with E-state index in [9.17, 15) is 20.6 Å². The van der Waals surface area contributed by atoms with Crippen LogP contribution in [0.2, 0.25) is 0 Å². The average molecular weight is 281 g/mol. The van der Waals surface area contributed by atoms with E-state index in [1.165, 1.54) is 6.92 Å². The van der Waals surface area contributed by atoms with E-state index < -0.39 is 11.3 Å². The molecule has 0 fully saturated rings. The molecule has 2 aliphatic rings. The summed E-state index contributed by atoms with van der Waals surface area (Å²) in [6.07, 6.45) is 1.80. The normalized spacial score (nSPS) is 26.8. The van der Waals surface area contributed by atoms with Gasteiger partial charge in [0, 0.05) is 31.8 Å². The molecule has 0 spiro atoms. The minimum absolute atomic E-state index is 0.0290. The van der Waals surface area contributed by atoms with Crippen LogP contribution in [0.15, 0.2) is 22.9 Å². The zero-order chi connectivity index (χ0) is 15.8. The van der Waals surface area contributed by atoms with Crippen molar-refractivity contribution in [3.63, 3.8) is 0 Å². The summed E-state index contributed by atoms with van der Waals surface area (Å²) in [5.74, 6) is -0.694. The number of fused-ring (bicyclic) bond motifs is 1. The van der Waals surface area contributed by atoms with Gasteiger partial charge in [0.2, 0.25) is 5.91 Å². The summed E-state index contributed by atoms with van der Waals surface area (Å²) in [6, 6.07) is 5.99. The molecule has 1 amide bonds. The van der Waals surface area contributed by atoms with Crippen molar-refractivity contribution < 1.29 is 4.79 Å². The van der Waals surface area contributed by atoms with Gasteiger partial charge in [0.05, 0.1) is 23.4 Å². The van der Waals surface area contributed by atoms with Crippen LogP contribution in [0.25, 0.3) is 0 Å². The number of carbonyl (C=O) groups is 1. The van der Waals surface area contributed by atoms with Crippen LogP contribution in [0.3, 0.4) is 0 Å². The first-order valence-electron chi connectivity index (χ1n) is 6.61. The zero-order valence-corrected chi connectivity index (χ0v) is 11.9. The van der Waals surface area contributed by atoms with E-state index in [1.807, 2.05) is 18.2 Å². The summed E-state index contributed by atoms with van der Waals surface area (Å²) in [6.45, 7) is 4.06. The molecule has 6 nitrogen and oxygen atoms in total. The number of rotatable bonds is 0. The van der Waals surface area contributed by atoms with Crippen LogP contribution in [0.5, 0.6) is 0 Å². The van der Waals surface area contributed by atoms with Crippen molar-refractivity contribution in [1.82, 2.24) is 4.90 Å². The standard InChI is InChI=1S/C15H15N5O/c1-9-13-6-20(10(2)21)4-3-11(13)12(5-16)14(19)15(9,7-17)8-18/h3,9,13H,4,6,19H2,1-2H3/t9-,13+/m1/s1. The molecule has 2 N–H and O–H groups in total. The van der Waals surface area contributed by atoms with E-state index in [0.717, 1.165) is 5.57 Å². The minimum Gasteiger partial charge on any atom is -0.399 e. The fourth-order valence-corrected chi connectivity index (χ4v) is 3.12. The number of nitrogens with two attached hydrogens (primary N) is 1. The van der Waals surface area contributed by atoms with E-state index in [-0.39, 0.29) is 23.1 Å². The molecule has 0 radical (unpaired) electrons. The highest BCUT2D eigenvalue weighted by molar-refractivity contribution is 5.74. The molecule has 0 aromatic rings. The van der Waals surface area contributed by atoms with Crippen LogP contribution in [-0.4, -0.2) is 23.9 Å². The van der Waals surface area contributed by atoms with Crippen molar-refractivity contribution in [2.45, 2.75) is 13.8 Å². The van der Waals surface area contributed by atoms with Gasteiger partial charge in [-0.25, -0.2) is 0 Å². The highest BCUT2D eigenvalue weighted by Crippen LogP contribution is 2.48. The topological polar surface area (TPSA) is 118 Å². The number of hydrogen-bond acceptors (Lipinski definition) is 5. The molecule has 106 valence electrons. The molecular formula is C15H15N5O. The third kappa shape index (κ3) is 1.87. The number of nitriles is 3. The van der Waals surface area contributed by atoms with Gasteiger partial charge in [-0.05, 0) is 5.57 Å². The number of allylic oxidation sites excluding steroid dienone is 2. The fourth-order valence-electron chi connectivity index (χ4n) is 3.12. The predicted octanol–water partition coefficient (Wildman–Crippen LogP) is 0.811. The Balaban J connectivity index is 2.65. The average Bonchev–Trinajstić information content (AvgIpc) is 2.49. The monoisotopic (exact) mass is 281 g/mol. The molecule has 0 unspecified atom stereocenters. The molecular weight excluding hydrogens is 266 g/mol. The molecule has 21 heavy (non-hydrogen) atoms. The van der Waals surface area contributed by atoms with Crippen LogP contribution >= 0.6 is 0 Å². The number of carbonyl (C=O) groups excluding carboxylic acids is 1. The van der Waals surface area contributed by atoms with Crippen LogP contribution in [0.1, 0.15) is 13.8 Å². The van der Waals surface area contributed by atoms with Gasteiger partial charge in [-0.15, -0.1) is 0 Å². The first-order chi connectivity index (χ1) is 9.92. The summed E-state index contributed by atoms with van der Waals surface area (Å²) in [7, 11) is 0. The number of amides is 1. The predicted molar refractivity (Wildman–Crippen MR) is 73.5 cm³/mol. The summed E-state index contributed by atoms with van der Waals surface area (Å²) < 4.78 is 0. The lowest BCUT2D eigenvalue weighted by molar-refractivity contribution is -0.129. The van der Waals surface area contributed by atoms with E-state index in [2.05, 4.69) is 0 Å². The first kappa shape index (κ1) is 14.6. The zero-order valence-electron chi connectivity index (χ0n) is 11.9. The lowest BCUT2D eigenvalue weighted by Crippen LogP contribution is -2.49. The van der Waals surface area contributed by atoms with Crippen molar-refractivity contribution in [2.75, 3.05) is 13.1 Å². The summed E-state index contributed by atoms with van der Waals surface area (Å²) >= 11 is 0. The van der Waals surface area contributed by atoms with E-state index in [4.69, 9.17) is 5.73 Å². The van der Waals surface area contributed by atoms with Crippen LogP contribution in [-0.2, 0) is 4.79 Å². The van der Waals surface area contributed by atoms with Crippen molar-refractivity contribution >= 4 is 5.91 Å². The molecule has 0 bridgehead atoms. The maximum absolute atomic E-state index is 11.6. The fraction of sp³-hybridized carbons (Fsp3) is 0.467. The Morgan fingerprint density at radius 1 is 1.43 bits per heavy atom. The largest absolute Gasteiger partial charge is 0.399 e. The van der Waals surface area contributed by atoms with Gasteiger partial charge >= 0.3 is 0 Å². The Bertz CT molecular complexity index is 668. The van der Waals surface area contributed by atoms with Crippen molar-refractivity contribution in [3.05, 3.63) is 22.9 Å². The lowest BCUT2D eigenvalue weighted by Gasteiger charge is -2.43. The van der Waals surface area contributed by atoms with Gasteiger partial charge in [-0.1, -0.05) is 13.0 Å². The molecule has 0 saturated heterocycles. The van der Waals surface area contributed by atoms with Crippen molar-refractivity contribution in [3.8, 4) is 18.2 Å². The third-order valence-corrected chi connectivity index (χ3v) is 4.53. The molecule has 1 heterocycles. The summed E-state index contributed by atoms with van der Waals surface area (Å²) in [5.41, 5.74) is 5.44. The second kappa shape index (κ2) is 4.96. The van der Waals surface area contributed by atoms with Crippen molar-refractivity contribution in [2.24, 2.45) is 23.0 Å². The summed E-state index contributed by atoms with van der Waals surface area (Å²) in [4.78, 5) is 13.2. The first-order valence-corrected chi connectivity index (χ1v) is 6.61. The molecule has 0 saturated carbocycles. The number of hydrogen-bond donors (Lipinski definition) is 1. The molecule has 2 atom stereocenters. The van der Waals surface area contributed by atoms with Gasteiger partial charge < -0.3 is 10.6 Å². The van der Waals surface area contributed by atoms with Crippen molar-refractivity contribution in [1.29, 1.82) is 15.8 Å². The Morgan fingerprint density at radius 3 is 2.52 bits per heavy atom. The Kier molecular flexibility index (Phi) is 3.45. The van der Waals surface area contributed by atoms with Gasteiger partial charge in [0.15, 0.2) is 5.41 Å². The minimum atomic E-state index is -1.52. The SMILES string of the molecule is CC(=O)N1CC=C2C(C#N)=C(N)C(C#N)(C#N)[C@H](C)[C@@H]2C1. The van der Waals surface area contributed by atoms with E-state index >= 15 is 0 Å². The Labute approximate surface area is 123 Å². The summed E-state index contributed by atoms with van der Waals surface area (Å²) in [5, 5.41) is 28.3. The highest BCUT2D eigenvalue weighted by atomic mass is 16.2. The van der Waals surface area contributed by atoms with Crippen LogP contribution in [0.4, 0.5) is 0 Å². The van der Waals surface area contributed by atoms with Gasteiger partial charge in [-0.2, -0.15) is 15.8 Å². The quantitative estimate of drug-likeness (QED) is 0.705. The Morgan fingerprint density at radius 2 is 2.05 bits per heavy atom. The third-order valence-electron chi connectivity index (χ3n) is 4.53. The lowest BCUT2D eigenvalue weighted by atomic mass is 9.61. The molecule has 6 heteroatoms. The molecule has 0 aromatic carbocycles.